The number of allylic oxidation sites excluding steroid dienone is 2. The van der Waals surface area contributed by atoms with Crippen molar-refractivity contribution in [3.05, 3.63) is 59.2 Å². The van der Waals surface area contributed by atoms with E-state index in [1.165, 1.54) is 12.3 Å². The maximum atomic E-state index is 13.8. The molecule has 0 amide bonds. The molecule has 0 bridgehead atoms. The van der Waals surface area contributed by atoms with Crippen LogP contribution in [0.3, 0.4) is 0 Å². The first-order valence-electron chi connectivity index (χ1n) is 6.19. The van der Waals surface area contributed by atoms with Gasteiger partial charge in [-0.05, 0) is 50.1 Å². The van der Waals surface area contributed by atoms with E-state index in [2.05, 4.69) is 4.98 Å². The molecule has 0 aliphatic heterocycles. The molecule has 0 saturated carbocycles. The molecule has 0 radical (unpaired) electrons. The fourth-order valence-electron chi connectivity index (χ4n) is 2.02. The van der Waals surface area contributed by atoms with Crippen molar-refractivity contribution >= 4 is 5.57 Å². The predicted octanol–water partition coefficient (Wildman–Crippen LogP) is 4.90. The van der Waals surface area contributed by atoms with E-state index in [1.807, 2.05) is 26.8 Å². The van der Waals surface area contributed by atoms with Crippen LogP contribution in [0.2, 0.25) is 0 Å². The number of halogens is 3. The lowest BCUT2D eigenvalue weighted by molar-refractivity contribution is 0.449. The molecule has 0 fully saturated rings. The van der Waals surface area contributed by atoms with Gasteiger partial charge in [-0.15, -0.1) is 0 Å². The molecule has 1 heterocycles. The minimum absolute atomic E-state index is 0.00387. The van der Waals surface area contributed by atoms with Crippen molar-refractivity contribution in [3.8, 4) is 11.1 Å². The Morgan fingerprint density at radius 2 is 1.85 bits per heavy atom. The van der Waals surface area contributed by atoms with E-state index in [9.17, 15) is 13.2 Å². The number of aryl methyl sites for hydroxylation is 1. The van der Waals surface area contributed by atoms with Gasteiger partial charge in [0, 0.05) is 17.3 Å². The maximum Gasteiger partial charge on any atom is 0.195 e. The van der Waals surface area contributed by atoms with Crippen LogP contribution in [0.5, 0.6) is 0 Å². The molecule has 104 valence electrons. The predicted molar refractivity (Wildman–Crippen MR) is 73.6 cm³/mol. The largest absolute Gasteiger partial charge is 0.256 e. The summed E-state index contributed by atoms with van der Waals surface area (Å²) < 4.78 is 39.9. The van der Waals surface area contributed by atoms with Gasteiger partial charge < -0.3 is 0 Å². The molecule has 0 saturated heterocycles. The molecule has 1 aromatic carbocycles. The van der Waals surface area contributed by atoms with Gasteiger partial charge in [-0.25, -0.2) is 13.2 Å². The highest BCUT2D eigenvalue weighted by Gasteiger charge is 2.15. The molecule has 1 nitrogen and oxygen atoms in total. The molecular formula is C16H14F3N. The van der Waals surface area contributed by atoms with Crippen LogP contribution in [0.4, 0.5) is 13.2 Å². The van der Waals surface area contributed by atoms with Crippen molar-refractivity contribution in [2.45, 2.75) is 20.8 Å². The summed E-state index contributed by atoms with van der Waals surface area (Å²) in [6.45, 7) is 5.67. The molecule has 2 aromatic rings. The number of rotatable bonds is 2. The van der Waals surface area contributed by atoms with Crippen molar-refractivity contribution in [3.63, 3.8) is 0 Å². The number of hydrogen-bond acceptors (Lipinski definition) is 1. The van der Waals surface area contributed by atoms with Crippen molar-refractivity contribution in [2.24, 2.45) is 0 Å². The van der Waals surface area contributed by atoms with E-state index in [4.69, 9.17) is 0 Å². The van der Waals surface area contributed by atoms with Gasteiger partial charge in [-0.2, -0.15) is 0 Å². The van der Waals surface area contributed by atoms with E-state index >= 15 is 0 Å². The molecule has 0 N–H and O–H groups in total. The van der Waals surface area contributed by atoms with E-state index < -0.39 is 17.5 Å². The zero-order valence-corrected chi connectivity index (χ0v) is 11.5. The van der Waals surface area contributed by atoms with Crippen molar-refractivity contribution in [1.82, 2.24) is 4.98 Å². The van der Waals surface area contributed by atoms with Crippen LogP contribution < -0.4 is 0 Å². The lowest BCUT2D eigenvalue weighted by Crippen LogP contribution is -1.97. The van der Waals surface area contributed by atoms with Gasteiger partial charge in [0.05, 0.1) is 5.69 Å². The van der Waals surface area contributed by atoms with Gasteiger partial charge in [-0.1, -0.05) is 6.08 Å². The Hall–Kier alpha value is -2.10. The molecule has 1 aromatic heterocycles. The fourth-order valence-corrected chi connectivity index (χ4v) is 2.02. The smallest absolute Gasteiger partial charge is 0.195 e. The zero-order chi connectivity index (χ0) is 14.9. The maximum absolute atomic E-state index is 13.8. The van der Waals surface area contributed by atoms with Crippen LogP contribution >= 0.6 is 0 Å². The SMILES string of the molecule is C/C=C(/C)c1ncc(-c2ccc(F)c(F)c2F)cc1C. The molecule has 0 spiro atoms. The molecule has 0 atom stereocenters. The van der Waals surface area contributed by atoms with Gasteiger partial charge in [0.15, 0.2) is 17.5 Å². The first-order valence-corrected chi connectivity index (χ1v) is 6.19. The van der Waals surface area contributed by atoms with E-state index in [1.54, 1.807) is 6.07 Å². The summed E-state index contributed by atoms with van der Waals surface area (Å²) in [5.41, 5.74) is 3.08. The summed E-state index contributed by atoms with van der Waals surface area (Å²) in [4.78, 5) is 4.27. The summed E-state index contributed by atoms with van der Waals surface area (Å²) >= 11 is 0. The van der Waals surface area contributed by atoms with Crippen molar-refractivity contribution in [2.75, 3.05) is 0 Å². The monoisotopic (exact) mass is 277 g/mol. The summed E-state index contributed by atoms with van der Waals surface area (Å²) in [6, 6.07) is 3.84. The van der Waals surface area contributed by atoms with Crippen LogP contribution in [0.15, 0.2) is 30.5 Å². The minimum Gasteiger partial charge on any atom is -0.256 e. The van der Waals surface area contributed by atoms with Crippen LogP contribution in [-0.4, -0.2) is 4.98 Å². The number of nitrogens with zero attached hydrogens (tertiary/aromatic N) is 1. The van der Waals surface area contributed by atoms with Crippen molar-refractivity contribution in [1.29, 1.82) is 0 Å². The Labute approximate surface area is 115 Å². The van der Waals surface area contributed by atoms with Gasteiger partial charge in [-0.3, -0.25) is 4.98 Å². The molecule has 2 rings (SSSR count). The second-order valence-corrected chi connectivity index (χ2v) is 4.58. The Bertz CT molecular complexity index is 690. The first-order chi connectivity index (χ1) is 9.45. The van der Waals surface area contributed by atoms with E-state index in [0.717, 1.165) is 22.9 Å². The average Bonchev–Trinajstić information content (AvgIpc) is 2.44. The highest BCUT2D eigenvalue weighted by atomic mass is 19.2. The quantitative estimate of drug-likeness (QED) is 0.712. The van der Waals surface area contributed by atoms with Crippen molar-refractivity contribution < 1.29 is 13.2 Å². The Kier molecular flexibility index (Phi) is 3.93. The second kappa shape index (κ2) is 5.49. The summed E-state index contributed by atoms with van der Waals surface area (Å²) in [7, 11) is 0. The lowest BCUT2D eigenvalue weighted by atomic mass is 10.0. The van der Waals surface area contributed by atoms with E-state index in [-0.39, 0.29) is 5.56 Å². The van der Waals surface area contributed by atoms with Gasteiger partial charge in [0.1, 0.15) is 0 Å². The topological polar surface area (TPSA) is 12.9 Å². The molecule has 0 aliphatic carbocycles. The standard InChI is InChI=1S/C16H14F3N/c1-4-9(2)16-10(3)7-11(8-20-16)12-5-6-13(17)15(19)14(12)18/h4-8H,1-3H3/b9-4-. The van der Waals surface area contributed by atoms with Crippen LogP contribution in [0.25, 0.3) is 16.7 Å². The highest BCUT2D eigenvalue weighted by Crippen LogP contribution is 2.28. The highest BCUT2D eigenvalue weighted by molar-refractivity contribution is 5.69. The third kappa shape index (κ3) is 2.46. The Balaban J connectivity index is 2.56. The summed E-state index contributed by atoms with van der Waals surface area (Å²) in [5, 5.41) is 0. The average molecular weight is 277 g/mol. The zero-order valence-electron chi connectivity index (χ0n) is 11.5. The fraction of sp³-hybridized carbons (Fsp3) is 0.188. The van der Waals surface area contributed by atoms with Gasteiger partial charge in [0.25, 0.3) is 0 Å². The van der Waals surface area contributed by atoms with E-state index in [0.29, 0.717) is 5.56 Å². The first kappa shape index (κ1) is 14.3. The number of hydrogen-bond donors (Lipinski definition) is 0. The third-order valence-corrected chi connectivity index (χ3v) is 3.23. The Morgan fingerprint density at radius 1 is 1.15 bits per heavy atom. The van der Waals surface area contributed by atoms with Gasteiger partial charge in [0.2, 0.25) is 0 Å². The van der Waals surface area contributed by atoms with Crippen LogP contribution in [-0.2, 0) is 0 Å². The van der Waals surface area contributed by atoms with Gasteiger partial charge >= 0.3 is 0 Å². The summed E-state index contributed by atoms with van der Waals surface area (Å²) in [6.07, 6.45) is 3.39. The molecule has 0 unspecified atom stereocenters. The number of aromatic nitrogens is 1. The number of benzene rings is 1. The minimum atomic E-state index is -1.46. The van der Waals surface area contributed by atoms with Crippen LogP contribution in [0, 0.1) is 24.4 Å². The lowest BCUT2D eigenvalue weighted by Gasteiger charge is -2.09. The van der Waals surface area contributed by atoms with Crippen LogP contribution in [0.1, 0.15) is 25.1 Å². The molecule has 20 heavy (non-hydrogen) atoms. The third-order valence-electron chi connectivity index (χ3n) is 3.23. The molecule has 4 heteroatoms. The summed E-state index contributed by atoms with van der Waals surface area (Å²) in [5.74, 6) is -3.85. The normalized spacial score (nSPS) is 11.8. The molecular weight excluding hydrogens is 263 g/mol. The number of pyridine rings is 1. The Morgan fingerprint density at radius 3 is 2.45 bits per heavy atom. The second-order valence-electron chi connectivity index (χ2n) is 4.58. The molecule has 0 aliphatic rings.